The first-order valence-corrected chi connectivity index (χ1v) is 9.24. The molecule has 0 N–H and O–H groups in total. The largest absolute Gasteiger partial charge is 0.379 e. The van der Waals surface area contributed by atoms with Gasteiger partial charge < -0.3 is 14.2 Å². The Morgan fingerprint density at radius 1 is 0.808 bits per heavy atom. The highest BCUT2D eigenvalue weighted by Gasteiger charge is 2.22. The third-order valence-corrected chi connectivity index (χ3v) is 3.93. The van der Waals surface area contributed by atoms with Crippen molar-refractivity contribution in [1.82, 2.24) is 0 Å². The summed E-state index contributed by atoms with van der Waals surface area (Å²) < 4.78 is 16.8. The maximum Gasteiger partial charge on any atom is 0.196 e. The van der Waals surface area contributed by atoms with Gasteiger partial charge in [0.15, 0.2) is 5.78 Å². The first-order valence-electron chi connectivity index (χ1n) is 9.24. The standard InChI is InChI=1S/C22H28O4/c1-2-3-14-24-15-16-25-17-18-26-22(20-12-8-5-9-13-20)21(23)19-10-6-4-7-11-19/h4-13,22H,2-3,14-18H2,1H3. The second-order valence-corrected chi connectivity index (χ2v) is 5.97. The van der Waals surface area contributed by atoms with Crippen LogP contribution in [0.3, 0.4) is 0 Å². The van der Waals surface area contributed by atoms with Gasteiger partial charge in [0.1, 0.15) is 6.10 Å². The molecule has 4 heteroatoms. The van der Waals surface area contributed by atoms with Gasteiger partial charge in [-0.05, 0) is 12.0 Å². The Kier molecular flexibility index (Phi) is 9.65. The van der Waals surface area contributed by atoms with Gasteiger partial charge in [0.25, 0.3) is 0 Å². The highest BCUT2D eigenvalue weighted by molar-refractivity contribution is 6.00. The average molecular weight is 356 g/mol. The van der Waals surface area contributed by atoms with Crippen molar-refractivity contribution in [3.05, 3.63) is 71.8 Å². The summed E-state index contributed by atoms with van der Waals surface area (Å²) in [4.78, 5) is 12.8. The fraction of sp³-hybridized carbons (Fsp3) is 0.409. The van der Waals surface area contributed by atoms with E-state index in [1.807, 2.05) is 60.7 Å². The van der Waals surface area contributed by atoms with Crippen LogP contribution >= 0.6 is 0 Å². The quantitative estimate of drug-likeness (QED) is 0.393. The molecular formula is C22H28O4. The lowest BCUT2D eigenvalue weighted by Crippen LogP contribution is -2.19. The summed E-state index contributed by atoms with van der Waals surface area (Å²) in [6.07, 6.45) is 1.58. The lowest BCUT2D eigenvalue weighted by Gasteiger charge is -2.17. The molecule has 0 spiro atoms. The molecule has 1 atom stereocenters. The van der Waals surface area contributed by atoms with Gasteiger partial charge >= 0.3 is 0 Å². The van der Waals surface area contributed by atoms with Gasteiger partial charge in [0, 0.05) is 12.2 Å². The van der Waals surface area contributed by atoms with Crippen LogP contribution in [0.4, 0.5) is 0 Å². The van der Waals surface area contributed by atoms with E-state index in [1.54, 1.807) is 0 Å². The van der Waals surface area contributed by atoms with E-state index < -0.39 is 6.10 Å². The number of carbonyl (C=O) groups excluding carboxylic acids is 1. The zero-order chi connectivity index (χ0) is 18.5. The molecule has 0 saturated heterocycles. The van der Waals surface area contributed by atoms with Crippen molar-refractivity contribution in [3.8, 4) is 0 Å². The van der Waals surface area contributed by atoms with Crippen molar-refractivity contribution in [2.45, 2.75) is 25.9 Å². The fourth-order valence-electron chi connectivity index (χ4n) is 2.50. The molecule has 0 aliphatic rings. The maximum atomic E-state index is 12.8. The lowest BCUT2D eigenvalue weighted by atomic mass is 10.00. The minimum absolute atomic E-state index is 0.0419. The Balaban J connectivity index is 1.81. The van der Waals surface area contributed by atoms with Gasteiger partial charge in [-0.15, -0.1) is 0 Å². The topological polar surface area (TPSA) is 44.8 Å². The predicted molar refractivity (Wildman–Crippen MR) is 102 cm³/mol. The smallest absolute Gasteiger partial charge is 0.196 e. The molecule has 2 aromatic rings. The summed E-state index contributed by atoms with van der Waals surface area (Å²) in [5.74, 6) is -0.0419. The number of Topliss-reactive ketones (excluding diaryl/α,β-unsaturated/α-hetero) is 1. The summed E-state index contributed by atoms with van der Waals surface area (Å²) in [6, 6.07) is 18.8. The number of unbranched alkanes of at least 4 members (excludes halogenated alkanes) is 1. The first-order chi connectivity index (χ1) is 12.8. The average Bonchev–Trinajstić information content (AvgIpc) is 2.70. The Bertz CT molecular complexity index is 613. The third kappa shape index (κ3) is 7.08. The molecule has 0 heterocycles. The van der Waals surface area contributed by atoms with Crippen molar-refractivity contribution >= 4 is 5.78 Å². The molecule has 0 bridgehead atoms. The third-order valence-electron chi connectivity index (χ3n) is 3.93. The molecule has 0 fully saturated rings. The van der Waals surface area contributed by atoms with Crippen LogP contribution in [0.1, 0.15) is 41.8 Å². The van der Waals surface area contributed by atoms with Crippen LogP contribution in [0.15, 0.2) is 60.7 Å². The minimum Gasteiger partial charge on any atom is -0.379 e. The minimum atomic E-state index is -0.622. The zero-order valence-electron chi connectivity index (χ0n) is 15.4. The van der Waals surface area contributed by atoms with Crippen LogP contribution in [-0.4, -0.2) is 38.8 Å². The van der Waals surface area contributed by atoms with Crippen LogP contribution < -0.4 is 0 Å². The summed E-state index contributed by atoms with van der Waals surface area (Å²) in [6.45, 7) is 4.82. The first kappa shape index (κ1) is 20.3. The predicted octanol–water partition coefficient (Wildman–Crippen LogP) is 4.46. The molecule has 0 aliphatic carbocycles. The van der Waals surface area contributed by atoms with E-state index in [1.165, 1.54) is 0 Å². The molecule has 0 radical (unpaired) electrons. The van der Waals surface area contributed by atoms with Gasteiger partial charge in [-0.3, -0.25) is 4.79 Å². The van der Waals surface area contributed by atoms with Crippen molar-refractivity contribution in [2.75, 3.05) is 33.0 Å². The highest BCUT2D eigenvalue weighted by Crippen LogP contribution is 2.22. The van der Waals surface area contributed by atoms with E-state index in [4.69, 9.17) is 14.2 Å². The second-order valence-electron chi connectivity index (χ2n) is 5.97. The van der Waals surface area contributed by atoms with Gasteiger partial charge in [0.05, 0.1) is 26.4 Å². The molecule has 4 nitrogen and oxygen atoms in total. The number of hydrogen-bond acceptors (Lipinski definition) is 4. The molecule has 0 saturated carbocycles. The summed E-state index contributed by atoms with van der Waals surface area (Å²) in [5.41, 5.74) is 1.50. The molecule has 2 aromatic carbocycles. The number of benzene rings is 2. The number of hydrogen-bond donors (Lipinski definition) is 0. The van der Waals surface area contributed by atoms with Gasteiger partial charge in [-0.2, -0.15) is 0 Å². The summed E-state index contributed by atoms with van der Waals surface area (Å²) in [7, 11) is 0. The number of rotatable bonds is 13. The van der Waals surface area contributed by atoms with Crippen LogP contribution in [0.2, 0.25) is 0 Å². The van der Waals surface area contributed by atoms with Crippen molar-refractivity contribution in [2.24, 2.45) is 0 Å². The van der Waals surface area contributed by atoms with E-state index in [2.05, 4.69) is 6.92 Å². The Morgan fingerprint density at radius 2 is 1.38 bits per heavy atom. The molecule has 1 unspecified atom stereocenters. The van der Waals surface area contributed by atoms with E-state index in [0.29, 0.717) is 32.0 Å². The van der Waals surface area contributed by atoms with Crippen LogP contribution in [0, 0.1) is 0 Å². The lowest BCUT2D eigenvalue weighted by molar-refractivity contribution is -0.00717. The number of ether oxygens (including phenoxy) is 3. The summed E-state index contributed by atoms with van der Waals surface area (Å²) in [5, 5.41) is 0. The fourth-order valence-corrected chi connectivity index (χ4v) is 2.50. The van der Waals surface area contributed by atoms with Gasteiger partial charge in [0.2, 0.25) is 0 Å². The molecule has 0 aliphatic heterocycles. The number of ketones is 1. The SMILES string of the molecule is CCCCOCCOCCOC(C(=O)c1ccccc1)c1ccccc1. The van der Waals surface area contributed by atoms with Gasteiger partial charge in [-0.25, -0.2) is 0 Å². The maximum absolute atomic E-state index is 12.8. The second kappa shape index (κ2) is 12.4. The molecule has 0 amide bonds. The van der Waals surface area contributed by atoms with E-state index in [0.717, 1.165) is 25.0 Å². The van der Waals surface area contributed by atoms with E-state index >= 15 is 0 Å². The van der Waals surface area contributed by atoms with Crippen LogP contribution in [0.25, 0.3) is 0 Å². The Morgan fingerprint density at radius 3 is 2.04 bits per heavy atom. The van der Waals surface area contributed by atoms with Crippen LogP contribution in [0.5, 0.6) is 0 Å². The van der Waals surface area contributed by atoms with Crippen molar-refractivity contribution in [3.63, 3.8) is 0 Å². The molecule has 26 heavy (non-hydrogen) atoms. The highest BCUT2D eigenvalue weighted by atomic mass is 16.5. The Hall–Kier alpha value is -2.01. The normalized spacial score (nSPS) is 12.0. The zero-order valence-corrected chi connectivity index (χ0v) is 15.4. The molecule has 0 aromatic heterocycles. The molecular weight excluding hydrogens is 328 g/mol. The monoisotopic (exact) mass is 356 g/mol. The molecule has 2 rings (SSSR count). The van der Waals surface area contributed by atoms with Gasteiger partial charge in [-0.1, -0.05) is 74.0 Å². The Labute approximate surface area is 156 Å². The van der Waals surface area contributed by atoms with Crippen molar-refractivity contribution < 1.29 is 19.0 Å². The van der Waals surface area contributed by atoms with E-state index in [9.17, 15) is 4.79 Å². The number of carbonyl (C=O) groups is 1. The summed E-state index contributed by atoms with van der Waals surface area (Å²) >= 11 is 0. The van der Waals surface area contributed by atoms with Crippen LogP contribution in [-0.2, 0) is 14.2 Å². The molecule has 140 valence electrons. The van der Waals surface area contributed by atoms with Crippen molar-refractivity contribution in [1.29, 1.82) is 0 Å². The van der Waals surface area contributed by atoms with E-state index in [-0.39, 0.29) is 5.78 Å².